The Hall–Kier alpha value is -2.45. The van der Waals surface area contributed by atoms with Gasteiger partial charge < -0.3 is 28.6 Å². The lowest BCUT2D eigenvalue weighted by Crippen LogP contribution is -2.55. The van der Waals surface area contributed by atoms with Crippen molar-refractivity contribution >= 4 is 17.9 Å². The van der Waals surface area contributed by atoms with Crippen LogP contribution >= 0.6 is 0 Å². The summed E-state index contributed by atoms with van der Waals surface area (Å²) in [5.41, 5.74) is 0. The van der Waals surface area contributed by atoms with Crippen molar-refractivity contribution in [2.75, 3.05) is 41.0 Å². The van der Waals surface area contributed by atoms with Gasteiger partial charge in [-0.15, -0.1) is 0 Å². The van der Waals surface area contributed by atoms with Gasteiger partial charge in [-0.1, -0.05) is 192 Å². The van der Waals surface area contributed by atoms with E-state index in [9.17, 15) is 19.5 Å². The van der Waals surface area contributed by atoms with Gasteiger partial charge in [0, 0.05) is 19.3 Å². The molecule has 2 atom stereocenters. The van der Waals surface area contributed by atoms with Gasteiger partial charge in [-0.25, -0.2) is 0 Å². The molecular formula is C51H93NO7. The number of ether oxygens (including phenoxy) is 3. The molecule has 344 valence electrons. The number of carbonyl (C=O) groups is 3. The Morgan fingerprint density at radius 1 is 0.525 bits per heavy atom. The van der Waals surface area contributed by atoms with Gasteiger partial charge in [0.25, 0.3) is 0 Å². The molecule has 0 radical (unpaired) electrons. The second kappa shape index (κ2) is 42.2. The number of hydrogen-bond donors (Lipinski definition) is 0. The third kappa shape index (κ3) is 40.7. The van der Waals surface area contributed by atoms with E-state index in [0.29, 0.717) is 12.8 Å². The first kappa shape index (κ1) is 56.5. The lowest BCUT2D eigenvalue weighted by atomic mass is 10.0. The standard InChI is InChI=1S/C51H93NO7/c1-6-8-10-12-14-16-18-20-21-22-23-24-25-26-27-28-29-30-32-34-36-38-40-42-50(54)59-47(45-57-44-43-48(51(55)56)52(3,4)5)46-58-49(53)41-39-37-35-33-31-19-17-15-13-11-9-7-2/h9,11,15,17,31,33,47-48H,6-8,10,12-14,16,18-30,32,34-46H2,1-5H3/b11-9+,17-15+,33-31+. The molecule has 0 fully saturated rings. The molecule has 0 saturated carbocycles. The number of esters is 2. The van der Waals surface area contributed by atoms with Gasteiger partial charge >= 0.3 is 11.9 Å². The second-order valence-corrected chi connectivity index (χ2v) is 17.7. The van der Waals surface area contributed by atoms with E-state index in [1.165, 1.54) is 128 Å². The first-order valence-corrected chi connectivity index (χ1v) is 24.5. The number of carboxylic acids is 1. The predicted molar refractivity (Wildman–Crippen MR) is 245 cm³/mol. The fourth-order valence-electron chi connectivity index (χ4n) is 7.26. The van der Waals surface area contributed by atoms with Crippen molar-refractivity contribution in [1.29, 1.82) is 0 Å². The molecule has 0 aliphatic carbocycles. The lowest BCUT2D eigenvalue weighted by molar-refractivity contribution is -0.889. The highest BCUT2D eigenvalue weighted by Crippen LogP contribution is 2.16. The van der Waals surface area contributed by atoms with E-state index < -0.39 is 18.1 Å². The van der Waals surface area contributed by atoms with Crippen molar-refractivity contribution in [3.63, 3.8) is 0 Å². The van der Waals surface area contributed by atoms with Crippen LogP contribution in [0.2, 0.25) is 0 Å². The minimum atomic E-state index is -1.13. The molecule has 2 unspecified atom stereocenters. The molecule has 0 aromatic rings. The van der Waals surface area contributed by atoms with Crippen molar-refractivity contribution < 1.29 is 38.2 Å². The van der Waals surface area contributed by atoms with E-state index in [4.69, 9.17) is 14.2 Å². The number of allylic oxidation sites excluding steroid dienone is 6. The van der Waals surface area contributed by atoms with E-state index in [0.717, 1.165) is 57.8 Å². The van der Waals surface area contributed by atoms with E-state index in [-0.39, 0.29) is 42.7 Å². The molecule has 0 aromatic heterocycles. The number of unbranched alkanes of at least 4 members (excludes halogenated alkanes) is 24. The SMILES string of the molecule is CC/C=C/C/C=C/C/C=C/CCCCC(=O)OCC(COCCC(C(=O)[O-])[N+](C)(C)C)OC(=O)CCCCCCCCCCCCCCCCCCCCCCCCC. The van der Waals surface area contributed by atoms with Crippen LogP contribution in [0, 0.1) is 0 Å². The summed E-state index contributed by atoms with van der Waals surface area (Å²) >= 11 is 0. The zero-order valence-corrected chi connectivity index (χ0v) is 39.2. The molecule has 0 spiro atoms. The molecule has 59 heavy (non-hydrogen) atoms. The van der Waals surface area contributed by atoms with Gasteiger partial charge in [0.05, 0.1) is 40.3 Å². The maximum Gasteiger partial charge on any atom is 0.306 e. The maximum absolute atomic E-state index is 12.8. The van der Waals surface area contributed by atoms with E-state index in [2.05, 4.69) is 50.3 Å². The van der Waals surface area contributed by atoms with Gasteiger partial charge in [-0.05, 0) is 44.9 Å². The van der Waals surface area contributed by atoms with Crippen molar-refractivity contribution in [2.45, 2.75) is 231 Å². The highest BCUT2D eigenvalue weighted by Gasteiger charge is 2.25. The third-order valence-corrected chi connectivity index (χ3v) is 11.0. The van der Waals surface area contributed by atoms with Crippen LogP contribution in [0.3, 0.4) is 0 Å². The molecule has 0 N–H and O–H groups in total. The van der Waals surface area contributed by atoms with Crippen LogP contribution in [0.25, 0.3) is 0 Å². The minimum Gasteiger partial charge on any atom is -0.544 e. The number of hydrogen-bond acceptors (Lipinski definition) is 7. The largest absolute Gasteiger partial charge is 0.544 e. The fourth-order valence-corrected chi connectivity index (χ4v) is 7.26. The van der Waals surface area contributed by atoms with Gasteiger partial charge in [0.15, 0.2) is 6.10 Å². The molecule has 0 rings (SSSR count). The van der Waals surface area contributed by atoms with Crippen LogP contribution in [-0.4, -0.2) is 75.5 Å². The first-order valence-electron chi connectivity index (χ1n) is 24.5. The molecule has 8 nitrogen and oxygen atoms in total. The van der Waals surface area contributed by atoms with Gasteiger partial charge in [-0.2, -0.15) is 0 Å². The number of carboxylic acid groups (broad SMARTS) is 1. The Bertz CT molecular complexity index is 1060. The number of nitrogens with zero attached hydrogens (tertiary/aromatic N) is 1. The summed E-state index contributed by atoms with van der Waals surface area (Å²) in [6, 6.07) is -0.730. The van der Waals surface area contributed by atoms with Gasteiger partial charge in [-0.3, -0.25) is 9.59 Å². The predicted octanol–water partition coefficient (Wildman–Crippen LogP) is 12.5. The van der Waals surface area contributed by atoms with Crippen LogP contribution < -0.4 is 5.11 Å². The Labute approximate surface area is 364 Å². The molecular weight excluding hydrogens is 739 g/mol. The lowest BCUT2D eigenvalue weighted by Gasteiger charge is -2.34. The maximum atomic E-state index is 12.8. The molecule has 0 amide bonds. The van der Waals surface area contributed by atoms with Crippen LogP contribution in [0.5, 0.6) is 0 Å². The molecule has 0 aromatic carbocycles. The highest BCUT2D eigenvalue weighted by molar-refractivity contribution is 5.70. The fraction of sp³-hybridized carbons (Fsp3) is 0.824. The summed E-state index contributed by atoms with van der Waals surface area (Å²) in [6.45, 7) is 4.53. The number of quaternary nitrogens is 1. The summed E-state index contributed by atoms with van der Waals surface area (Å²) in [4.78, 5) is 36.9. The van der Waals surface area contributed by atoms with Crippen LogP contribution in [0.4, 0.5) is 0 Å². The van der Waals surface area contributed by atoms with Crippen molar-refractivity contribution in [3.8, 4) is 0 Å². The second-order valence-electron chi connectivity index (χ2n) is 17.7. The van der Waals surface area contributed by atoms with E-state index >= 15 is 0 Å². The summed E-state index contributed by atoms with van der Waals surface area (Å²) in [6.07, 6.45) is 49.1. The summed E-state index contributed by atoms with van der Waals surface area (Å²) in [5, 5.41) is 11.6. The summed E-state index contributed by atoms with van der Waals surface area (Å²) < 4.78 is 17.2. The average molecular weight is 832 g/mol. The number of rotatable bonds is 44. The zero-order chi connectivity index (χ0) is 43.5. The zero-order valence-electron chi connectivity index (χ0n) is 39.2. The van der Waals surface area contributed by atoms with Crippen LogP contribution in [0.1, 0.15) is 219 Å². The van der Waals surface area contributed by atoms with Gasteiger partial charge in [0.2, 0.25) is 0 Å². The summed E-state index contributed by atoms with van der Waals surface area (Å²) in [7, 11) is 5.40. The van der Waals surface area contributed by atoms with E-state index in [1.807, 2.05) is 0 Å². The Kier molecular flexibility index (Phi) is 40.5. The van der Waals surface area contributed by atoms with Crippen LogP contribution in [-0.2, 0) is 28.6 Å². The Morgan fingerprint density at radius 2 is 0.949 bits per heavy atom. The monoisotopic (exact) mass is 832 g/mol. The van der Waals surface area contributed by atoms with Crippen LogP contribution in [0.15, 0.2) is 36.5 Å². The first-order chi connectivity index (χ1) is 28.6. The molecule has 0 aliphatic rings. The topological polar surface area (TPSA) is 102 Å². The third-order valence-electron chi connectivity index (χ3n) is 11.0. The average Bonchev–Trinajstić information content (AvgIpc) is 3.19. The molecule has 0 aliphatic heterocycles. The number of carbonyl (C=O) groups excluding carboxylic acids is 3. The van der Waals surface area contributed by atoms with Crippen molar-refractivity contribution in [2.24, 2.45) is 0 Å². The minimum absolute atomic E-state index is 0.0312. The number of likely N-dealkylation sites (N-methyl/N-ethyl adjacent to an activating group) is 1. The normalized spacial score (nSPS) is 13.2. The Morgan fingerprint density at radius 3 is 1.41 bits per heavy atom. The number of aliphatic carboxylic acids is 1. The Balaban J connectivity index is 4.19. The highest BCUT2D eigenvalue weighted by atomic mass is 16.6. The van der Waals surface area contributed by atoms with E-state index in [1.54, 1.807) is 21.1 Å². The smallest absolute Gasteiger partial charge is 0.306 e. The quantitative estimate of drug-likeness (QED) is 0.0261. The molecule has 0 saturated heterocycles. The molecule has 8 heteroatoms. The summed E-state index contributed by atoms with van der Waals surface area (Å²) in [5.74, 6) is -1.78. The molecule has 0 bridgehead atoms. The van der Waals surface area contributed by atoms with Crippen molar-refractivity contribution in [3.05, 3.63) is 36.5 Å². The van der Waals surface area contributed by atoms with Gasteiger partial charge in [0.1, 0.15) is 12.6 Å². The molecule has 0 heterocycles. The van der Waals surface area contributed by atoms with Crippen molar-refractivity contribution in [1.82, 2.24) is 0 Å².